The van der Waals surface area contributed by atoms with E-state index in [2.05, 4.69) is 13.8 Å². The third-order valence-electron chi connectivity index (χ3n) is 2.52. The number of aliphatic hydroxyl groups is 1. The van der Waals surface area contributed by atoms with Crippen LogP contribution in [-0.4, -0.2) is 23.4 Å². The lowest BCUT2D eigenvalue weighted by Crippen LogP contribution is -2.26. The number of aliphatic hydroxyl groups excluding tert-OH is 1. The molecule has 0 amide bonds. The van der Waals surface area contributed by atoms with Gasteiger partial charge in [-0.1, -0.05) is 13.3 Å². The van der Waals surface area contributed by atoms with Crippen molar-refractivity contribution < 1.29 is 9.84 Å². The molecule has 1 aliphatic carbocycles. The van der Waals surface area contributed by atoms with E-state index in [0.29, 0.717) is 6.10 Å². The summed E-state index contributed by atoms with van der Waals surface area (Å²) in [6.07, 6.45) is 5.56. The van der Waals surface area contributed by atoms with Crippen molar-refractivity contribution in [1.29, 1.82) is 0 Å². The normalized spacial score (nSPS) is 32.2. The van der Waals surface area contributed by atoms with Gasteiger partial charge in [0.25, 0.3) is 0 Å². The zero-order valence-corrected chi connectivity index (χ0v) is 8.12. The highest BCUT2D eigenvalue weighted by molar-refractivity contribution is 4.77. The highest BCUT2D eigenvalue weighted by atomic mass is 16.5. The van der Waals surface area contributed by atoms with Crippen LogP contribution in [0.25, 0.3) is 0 Å². The molecular weight excluding hydrogens is 152 g/mol. The Morgan fingerprint density at radius 3 is 2.75 bits per heavy atom. The van der Waals surface area contributed by atoms with E-state index < -0.39 is 0 Å². The average molecular weight is 172 g/mol. The smallest absolute Gasteiger partial charge is 0.0837 e. The maximum Gasteiger partial charge on any atom is 0.0837 e. The van der Waals surface area contributed by atoms with Crippen molar-refractivity contribution >= 4 is 0 Å². The molecule has 1 N–H and O–H groups in total. The predicted molar refractivity (Wildman–Crippen MR) is 49.1 cm³/mol. The molecule has 2 heteroatoms. The number of rotatable bonds is 4. The van der Waals surface area contributed by atoms with Gasteiger partial charge in [0.1, 0.15) is 0 Å². The van der Waals surface area contributed by atoms with Crippen LogP contribution < -0.4 is 0 Å². The Hall–Kier alpha value is -0.0800. The number of hydrogen-bond acceptors (Lipinski definition) is 2. The molecule has 1 saturated carbocycles. The molecule has 2 nitrogen and oxygen atoms in total. The van der Waals surface area contributed by atoms with Crippen molar-refractivity contribution in [3.8, 4) is 0 Å². The molecule has 0 aromatic rings. The number of ether oxygens (including phenoxy) is 1. The minimum Gasteiger partial charge on any atom is -0.390 e. The van der Waals surface area contributed by atoms with Crippen LogP contribution >= 0.6 is 0 Å². The van der Waals surface area contributed by atoms with Crippen LogP contribution in [-0.2, 0) is 4.74 Å². The summed E-state index contributed by atoms with van der Waals surface area (Å²) < 4.78 is 5.71. The first kappa shape index (κ1) is 10.0. The summed E-state index contributed by atoms with van der Waals surface area (Å²) in [5.41, 5.74) is 0. The quantitative estimate of drug-likeness (QED) is 0.703. The van der Waals surface area contributed by atoms with Crippen molar-refractivity contribution in [1.82, 2.24) is 0 Å². The van der Waals surface area contributed by atoms with Gasteiger partial charge in [-0.15, -0.1) is 0 Å². The molecule has 1 aliphatic rings. The average Bonchev–Trinajstić information content (AvgIpc) is 2.37. The van der Waals surface area contributed by atoms with E-state index in [0.717, 1.165) is 32.1 Å². The summed E-state index contributed by atoms with van der Waals surface area (Å²) >= 11 is 0. The van der Waals surface area contributed by atoms with Crippen molar-refractivity contribution in [2.24, 2.45) is 0 Å². The van der Waals surface area contributed by atoms with E-state index in [-0.39, 0.29) is 12.2 Å². The van der Waals surface area contributed by atoms with Gasteiger partial charge in [0.05, 0.1) is 18.3 Å². The predicted octanol–water partition coefficient (Wildman–Crippen LogP) is 2.11. The van der Waals surface area contributed by atoms with E-state index in [1.54, 1.807) is 0 Å². The van der Waals surface area contributed by atoms with Crippen molar-refractivity contribution in [2.45, 2.75) is 64.3 Å². The standard InChI is InChI=1S/C10H20O2/c1-3-5-8(2)12-10-7-4-6-9(10)11/h8-11H,3-7H2,1-2H3. The van der Waals surface area contributed by atoms with Gasteiger partial charge >= 0.3 is 0 Å². The molecule has 3 unspecified atom stereocenters. The fourth-order valence-electron chi connectivity index (χ4n) is 1.84. The second-order valence-electron chi connectivity index (χ2n) is 3.77. The molecule has 1 fully saturated rings. The Kier molecular flexibility index (Phi) is 4.02. The van der Waals surface area contributed by atoms with Crippen LogP contribution in [0.1, 0.15) is 46.0 Å². The third-order valence-corrected chi connectivity index (χ3v) is 2.52. The van der Waals surface area contributed by atoms with Crippen LogP contribution in [0.4, 0.5) is 0 Å². The molecule has 0 aromatic carbocycles. The summed E-state index contributed by atoms with van der Waals surface area (Å²) in [6, 6.07) is 0. The van der Waals surface area contributed by atoms with Crippen molar-refractivity contribution in [3.05, 3.63) is 0 Å². The Bertz CT molecular complexity index is 125. The highest BCUT2D eigenvalue weighted by Gasteiger charge is 2.26. The maximum atomic E-state index is 9.48. The molecule has 0 aliphatic heterocycles. The first-order valence-electron chi connectivity index (χ1n) is 5.07. The van der Waals surface area contributed by atoms with Gasteiger partial charge in [0.15, 0.2) is 0 Å². The van der Waals surface area contributed by atoms with Gasteiger partial charge in [0, 0.05) is 0 Å². The van der Waals surface area contributed by atoms with E-state index >= 15 is 0 Å². The maximum absolute atomic E-state index is 9.48. The van der Waals surface area contributed by atoms with E-state index in [4.69, 9.17) is 4.74 Å². The van der Waals surface area contributed by atoms with Crippen LogP contribution in [0.15, 0.2) is 0 Å². The van der Waals surface area contributed by atoms with Crippen molar-refractivity contribution in [3.63, 3.8) is 0 Å². The van der Waals surface area contributed by atoms with Gasteiger partial charge in [-0.3, -0.25) is 0 Å². The lowest BCUT2D eigenvalue weighted by atomic mass is 10.2. The molecule has 0 aromatic heterocycles. The first-order chi connectivity index (χ1) is 5.74. The molecule has 72 valence electrons. The van der Waals surface area contributed by atoms with Crippen LogP contribution in [0.3, 0.4) is 0 Å². The van der Waals surface area contributed by atoms with Gasteiger partial charge in [0.2, 0.25) is 0 Å². The topological polar surface area (TPSA) is 29.5 Å². The Labute approximate surface area is 74.9 Å². The monoisotopic (exact) mass is 172 g/mol. The SMILES string of the molecule is CCCC(C)OC1CCCC1O. The third kappa shape index (κ3) is 2.76. The summed E-state index contributed by atoms with van der Waals surface area (Å²) in [5.74, 6) is 0. The molecular formula is C10H20O2. The summed E-state index contributed by atoms with van der Waals surface area (Å²) in [4.78, 5) is 0. The molecule has 12 heavy (non-hydrogen) atoms. The van der Waals surface area contributed by atoms with Crippen molar-refractivity contribution in [2.75, 3.05) is 0 Å². The Morgan fingerprint density at radius 1 is 1.50 bits per heavy atom. The first-order valence-corrected chi connectivity index (χ1v) is 5.07. The molecule has 0 spiro atoms. The second kappa shape index (κ2) is 4.83. The molecule has 0 radical (unpaired) electrons. The van der Waals surface area contributed by atoms with Gasteiger partial charge in [-0.2, -0.15) is 0 Å². The summed E-state index contributed by atoms with van der Waals surface area (Å²) in [6.45, 7) is 4.25. The molecule has 3 atom stereocenters. The van der Waals surface area contributed by atoms with E-state index in [9.17, 15) is 5.11 Å². The second-order valence-corrected chi connectivity index (χ2v) is 3.77. The largest absolute Gasteiger partial charge is 0.390 e. The van der Waals surface area contributed by atoms with Gasteiger partial charge < -0.3 is 9.84 Å². The van der Waals surface area contributed by atoms with Gasteiger partial charge in [-0.05, 0) is 32.6 Å². The highest BCUT2D eigenvalue weighted by Crippen LogP contribution is 2.23. The fraction of sp³-hybridized carbons (Fsp3) is 1.00. The van der Waals surface area contributed by atoms with E-state index in [1.807, 2.05) is 0 Å². The minimum absolute atomic E-state index is 0.117. The lowest BCUT2D eigenvalue weighted by Gasteiger charge is -2.20. The zero-order valence-electron chi connectivity index (χ0n) is 8.12. The molecule has 0 bridgehead atoms. The molecule has 1 rings (SSSR count). The summed E-state index contributed by atoms with van der Waals surface area (Å²) in [5, 5.41) is 9.48. The lowest BCUT2D eigenvalue weighted by molar-refractivity contribution is -0.0574. The molecule has 0 heterocycles. The fourth-order valence-corrected chi connectivity index (χ4v) is 1.84. The van der Waals surface area contributed by atoms with Crippen LogP contribution in [0.2, 0.25) is 0 Å². The minimum atomic E-state index is -0.204. The Morgan fingerprint density at radius 2 is 2.25 bits per heavy atom. The van der Waals surface area contributed by atoms with Crippen LogP contribution in [0.5, 0.6) is 0 Å². The molecule has 0 saturated heterocycles. The van der Waals surface area contributed by atoms with Gasteiger partial charge in [-0.25, -0.2) is 0 Å². The summed E-state index contributed by atoms with van der Waals surface area (Å²) in [7, 11) is 0. The van der Waals surface area contributed by atoms with Crippen LogP contribution in [0, 0.1) is 0 Å². The van der Waals surface area contributed by atoms with E-state index in [1.165, 1.54) is 0 Å². The Balaban J connectivity index is 2.20. The number of hydrogen-bond donors (Lipinski definition) is 1. The zero-order chi connectivity index (χ0) is 8.97.